The predicted octanol–water partition coefficient (Wildman–Crippen LogP) is 0.579. The first kappa shape index (κ1) is 35.7. The van der Waals surface area contributed by atoms with Gasteiger partial charge in [0.1, 0.15) is 0 Å². The maximum absolute atomic E-state index is 0. The zero-order valence-electron chi connectivity index (χ0n) is 2.53. The van der Waals surface area contributed by atoms with Gasteiger partial charge in [0, 0.05) is 55.3 Å². The Labute approximate surface area is 72.9 Å². The molecule has 0 saturated heterocycles. The molecule has 0 aromatic heterocycles. The van der Waals surface area contributed by atoms with Crippen LogP contribution in [0.25, 0.3) is 0 Å². The van der Waals surface area contributed by atoms with E-state index >= 15 is 0 Å². The van der Waals surface area contributed by atoms with Crippen LogP contribution < -0.4 is 6.15 Å². The van der Waals surface area contributed by atoms with E-state index < -0.39 is 0 Å². The molecule has 4 heteroatoms. The Morgan fingerprint density at radius 1 is 0.750 bits per heavy atom. The van der Waals surface area contributed by atoms with Gasteiger partial charge in [-0.3, -0.25) is 0 Å². The van der Waals surface area contributed by atoms with Crippen molar-refractivity contribution in [3.8, 4) is 0 Å². The van der Waals surface area contributed by atoms with E-state index in [1.807, 2.05) is 0 Å². The monoisotopic (exact) mass is 457 g/mol. The third-order valence-electron chi connectivity index (χ3n) is 0. The number of halogens is 1. The Balaban J connectivity index is 0. The molecule has 0 aliphatic rings. The third kappa shape index (κ3) is 8.92. The van der Waals surface area contributed by atoms with Crippen molar-refractivity contribution in [2.75, 3.05) is 0 Å². The standard InChI is InChI=1S/ClH.2Hg.H3N/h1H;;;1H3. The van der Waals surface area contributed by atoms with Crippen LogP contribution in [-0.2, 0) is 55.3 Å². The molecule has 0 bridgehead atoms. The van der Waals surface area contributed by atoms with Gasteiger partial charge in [0.05, 0.1) is 0 Å². The summed E-state index contributed by atoms with van der Waals surface area (Å²) in [5.41, 5.74) is 0. The van der Waals surface area contributed by atoms with E-state index in [0.29, 0.717) is 0 Å². The fourth-order valence-corrected chi connectivity index (χ4v) is 0. The van der Waals surface area contributed by atoms with Gasteiger partial charge in [-0.25, -0.2) is 0 Å². The first-order chi connectivity index (χ1) is 0. The zero-order valence-corrected chi connectivity index (χ0v) is 14.3. The first-order valence-corrected chi connectivity index (χ1v) is 0. The van der Waals surface area contributed by atoms with Crippen molar-refractivity contribution in [1.82, 2.24) is 6.15 Å². The van der Waals surface area contributed by atoms with E-state index in [1.54, 1.807) is 0 Å². The summed E-state index contributed by atoms with van der Waals surface area (Å²) in [4.78, 5) is 0. The summed E-state index contributed by atoms with van der Waals surface area (Å²) in [5.74, 6) is 0. The van der Waals surface area contributed by atoms with E-state index in [-0.39, 0.29) is 73.9 Å². The van der Waals surface area contributed by atoms with Crippen LogP contribution in [0.5, 0.6) is 0 Å². The summed E-state index contributed by atoms with van der Waals surface area (Å²) in [7, 11) is 0. The second-order valence-corrected chi connectivity index (χ2v) is 0. The predicted molar refractivity (Wildman–Crippen MR) is 12.3 cm³/mol. The van der Waals surface area contributed by atoms with E-state index in [4.69, 9.17) is 0 Å². The van der Waals surface area contributed by atoms with E-state index in [1.165, 1.54) is 0 Å². The molecule has 20 valence electrons. The van der Waals surface area contributed by atoms with Crippen LogP contribution >= 0.6 is 12.4 Å². The van der Waals surface area contributed by atoms with Gasteiger partial charge in [0.25, 0.3) is 0 Å². The molecule has 0 aliphatic heterocycles. The smallest absolute Gasteiger partial charge is 0 e. The van der Waals surface area contributed by atoms with Gasteiger partial charge in [-0.15, -0.1) is 12.4 Å². The summed E-state index contributed by atoms with van der Waals surface area (Å²) in [6.45, 7) is 0. The molecule has 0 aromatic carbocycles. The SMILES string of the molecule is Cl.N.[Hg].[Hg]. The Morgan fingerprint density at radius 3 is 0.750 bits per heavy atom. The fourth-order valence-electron chi connectivity index (χ4n) is 0. The Kier molecular flexibility index (Phi) is 173. The van der Waals surface area contributed by atoms with Crippen molar-refractivity contribution in [3.05, 3.63) is 0 Å². The molecule has 0 aliphatic carbocycles. The van der Waals surface area contributed by atoms with Crippen LogP contribution in [0, 0.1) is 0 Å². The maximum atomic E-state index is 0. The molecule has 0 saturated carbocycles. The quantitative estimate of drug-likeness (QED) is 0.534. The molecule has 0 radical (unpaired) electrons. The second-order valence-electron chi connectivity index (χ2n) is 0. The van der Waals surface area contributed by atoms with Gasteiger partial charge >= 0.3 is 0 Å². The molecule has 0 spiro atoms. The molecule has 4 heavy (non-hydrogen) atoms. The summed E-state index contributed by atoms with van der Waals surface area (Å²) in [5, 5.41) is 0. The van der Waals surface area contributed by atoms with Gasteiger partial charge in [-0.1, -0.05) is 0 Å². The van der Waals surface area contributed by atoms with E-state index in [2.05, 4.69) is 0 Å². The van der Waals surface area contributed by atoms with Crippen LogP contribution in [0.3, 0.4) is 0 Å². The minimum absolute atomic E-state index is 0. The van der Waals surface area contributed by atoms with Crippen molar-refractivity contribution >= 4 is 12.4 Å². The number of hydrogen-bond acceptors (Lipinski definition) is 1. The second kappa shape index (κ2) is 19.3. The van der Waals surface area contributed by atoms with Gasteiger partial charge in [0.2, 0.25) is 0 Å². The molecule has 0 amide bonds. The van der Waals surface area contributed by atoms with Gasteiger partial charge in [-0.2, -0.15) is 0 Å². The van der Waals surface area contributed by atoms with Crippen molar-refractivity contribution < 1.29 is 55.3 Å². The van der Waals surface area contributed by atoms with Crippen molar-refractivity contribution in [3.63, 3.8) is 0 Å². The molecule has 0 aromatic rings. The summed E-state index contributed by atoms with van der Waals surface area (Å²) >= 11 is 0. The topological polar surface area (TPSA) is 35.0 Å². The van der Waals surface area contributed by atoms with Crippen LogP contribution in [-0.4, -0.2) is 0 Å². The zero-order chi connectivity index (χ0) is 0. The summed E-state index contributed by atoms with van der Waals surface area (Å²) in [6.07, 6.45) is 0. The minimum atomic E-state index is 0. The molecular weight excluding hydrogens is 451 g/mol. The van der Waals surface area contributed by atoms with Crippen LogP contribution in [0.2, 0.25) is 0 Å². The molecule has 0 unspecified atom stereocenters. The van der Waals surface area contributed by atoms with Crippen LogP contribution in [0.4, 0.5) is 0 Å². The minimum Gasteiger partial charge on any atom is -0.344 e. The molecular formula is H4ClHg2N. The van der Waals surface area contributed by atoms with Gasteiger partial charge in [-0.05, 0) is 0 Å². The van der Waals surface area contributed by atoms with E-state index in [9.17, 15) is 0 Å². The number of rotatable bonds is 0. The van der Waals surface area contributed by atoms with E-state index in [0.717, 1.165) is 0 Å². The Hall–Kier alpha value is 2.12. The molecule has 0 rings (SSSR count). The normalized spacial score (nSPS) is 0. The largest absolute Gasteiger partial charge is 0.344 e. The third-order valence-corrected chi connectivity index (χ3v) is 0. The molecule has 0 atom stereocenters. The van der Waals surface area contributed by atoms with Gasteiger partial charge < -0.3 is 6.15 Å². The Bertz CT molecular complexity index is 6.00. The first-order valence-electron chi connectivity index (χ1n) is 0. The Morgan fingerprint density at radius 2 is 0.750 bits per heavy atom. The number of hydrogen-bond donors (Lipinski definition) is 1. The molecule has 3 N–H and O–H groups in total. The average molecular weight is 455 g/mol. The van der Waals surface area contributed by atoms with Crippen LogP contribution in [0.1, 0.15) is 0 Å². The van der Waals surface area contributed by atoms with Crippen molar-refractivity contribution in [2.45, 2.75) is 0 Å². The fraction of sp³-hybridized carbons (Fsp3) is 0. The van der Waals surface area contributed by atoms with Crippen molar-refractivity contribution in [2.24, 2.45) is 0 Å². The van der Waals surface area contributed by atoms with Gasteiger partial charge in [0.15, 0.2) is 0 Å². The molecule has 0 heterocycles. The van der Waals surface area contributed by atoms with Crippen molar-refractivity contribution in [1.29, 1.82) is 0 Å². The summed E-state index contributed by atoms with van der Waals surface area (Å²) in [6, 6.07) is 0. The maximum Gasteiger partial charge on any atom is 0 e. The molecule has 1 nitrogen and oxygen atoms in total. The molecule has 0 fully saturated rings. The summed E-state index contributed by atoms with van der Waals surface area (Å²) < 4.78 is 0. The average Bonchev–Trinajstić information content (AvgIpc) is 0. The van der Waals surface area contributed by atoms with Crippen LogP contribution in [0.15, 0.2) is 0 Å².